The molecule has 2 aromatic carbocycles. The Kier molecular flexibility index (Phi) is 10.8. The third-order valence-corrected chi connectivity index (χ3v) is 4.67. The summed E-state index contributed by atoms with van der Waals surface area (Å²) in [5.41, 5.74) is 2.03. The van der Waals surface area contributed by atoms with Crippen molar-refractivity contribution in [1.82, 2.24) is 5.32 Å². The van der Waals surface area contributed by atoms with Gasteiger partial charge >= 0.3 is 0 Å². The Bertz CT molecular complexity index is 797. The fraction of sp³-hybridized carbons (Fsp3) is 0.435. The molecule has 164 valence electrons. The van der Waals surface area contributed by atoms with Gasteiger partial charge in [-0.2, -0.15) is 0 Å². The normalized spacial score (nSPS) is 13.3. The number of halogens is 1. The van der Waals surface area contributed by atoms with Gasteiger partial charge in [-0.15, -0.1) is 24.0 Å². The van der Waals surface area contributed by atoms with Crippen LogP contribution in [-0.4, -0.2) is 39.9 Å². The van der Waals surface area contributed by atoms with Crippen molar-refractivity contribution in [3.63, 3.8) is 0 Å². The van der Waals surface area contributed by atoms with E-state index in [1.807, 2.05) is 42.5 Å². The molecular formula is C23H32IN3O3. The first-order chi connectivity index (χ1) is 14.3. The van der Waals surface area contributed by atoms with E-state index in [4.69, 9.17) is 14.2 Å². The monoisotopic (exact) mass is 525 g/mol. The van der Waals surface area contributed by atoms with E-state index in [1.165, 1.54) is 12.8 Å². The van der Waals surface area contributed by atoms with Crippen molar-refractivity contribution >= 4 is 35.6 Å². The number of rotatable bonds is 11. The second-order valence-corrected chi connectivity index (χ2v) is 7.14. The molecule has 0 saturated heterocycles. The van der Waals surface area contributed by atoms with Crippen LogP contribution in [0.15, 0.2) is 53.5 Å². The van der Waals surface area contributed by atoms with Crippen molar-refractivity contribution in [3.05, 3.63) is 54.1 Å². The molecule has 0 unspecified atom stereocenters. The summed E-state index contributed by atoms with van der Waals surface area (Å²) in [6.45, 7) is 2.76. The van der Waals surface area contributed by atoms with Gasteiger partial charge in [0.2, 0.25) is 0 Å². The van der Waals surface area contributed by atoms with Crippen LogP contribution >= 0.6 is 24.0 Å². The Morgan fingerprint density at radius 2 is 1.90 bits per heavy atom. The minimum absolute atomic E-state index is 0. The van der Waals surface area contributed by atoms with E-state index >= 15 is 0 Å². The van der Waals surface area contributed by atoms with Crippen LogP contribution < -0.4 is 20.1 Å². The Morgan fingerprint density at radius 1 is 1.07 bits per heavy atom. The van der Waals surface area contributed by atoms with Crippen LogP contribution in [0.1, 0.15) is 24.8 Å². The highest BCUT2D eigenvalue weighted by Gasteiger charge is 2.22. The van der Waals surface area contributed by atoms with Gasteiger partial charge in [0.1, 0.15) is 11.5 Å². The summed E-state index contributed by atoms with van der Waals surface area (Å²) in [5, 5.41) is 6.67. The lowest BCUT2D eigenvalue weighted by molar-refractivity contribution is 0.172. The lowest BCUT2D eigenvalue weighted by Crippen LogP contribution is -2.30. The molecule has 0 aliphatic heterocycles. The number of aliphatic imine (C=N–C) groups is 1. The number of methoxy groups -OCH3 is 1. The number of anilines is 1. The highest BCUT2D eigenvalue weighted by Crippen LogP contribution is 2.30. The summed E-state index contributed by atoms with van der Waals surface area (Å²) in [6.07, 6.45) is 3.43. The van der Waals surface area contributed by atoms with Gasteiger partial charge in [-0.3, -0.25) is 4.99 Å². The Labute approximate surface area is 196 Å². The maximum atomic E-state index is 5.99. The van der Waals surface area contributed by atoms with Crippen LogP contribution in [0.25, 0.3) is 0 Å². The fourth-order valence-electron chi connectivity index (χ4n) is 2.83. The lowest BCUT2D eigenvalue weighted by Gasteiger charge is -2.15. The number of nitrogens with one attached hydrogen (secondary N) is 2. The standard InChI is InChI=1S/C23H31N3O3.HI/c1-24-23(26-20-8-5-9-21(15-20)28-14-6-13-27-2)25-16-19-7-3-4-10-22(19)29-17-18-11-12-18;/h3-5,7-10,15,18H,6,11-14,16-17H2,1-2H3,(H2,24,25,26);1H. The zero-order valence-corrected chi connectivity index (χ0v) is 20.1. The lowest BCUT2D eigenvalue weighted by atomic mass is 10.2. The van der Waals surface area contributed by atoms with Gasteiger partial charge in [-0.1, -0.05) is 24.3 Å². The first-order valence-corrected chi connectivity index (χ1v) is 10.2. The van der Waals surface area contributed by atoms with E-state index in [9.17, 15) is 0 Å². The molecule has 1 fully saturated rings. The van der Waals surface area contributed by atoms with Crippen molar-refractivity contribution in [2.24, 2.45) is 10.9 Å². The molecule has 0 aromatic heterocycles. The molecule has 0 bridgehead atoms. The first kappa shape index (κ1) is 24.3. The molecule has 2 N–H and O–H groups in total. The first-order valence-electron chi connectivity index (χ1n) is 10.2. The number of ether oxygens (including phenoxy) is 3. The zero-order chi connectivity index (χ0) is 20.3. The van der Waals surface area contributed by atoms with Gasteiger partial charge in [-0.05, 0) is 37.0 Å². The van der Waals surface area contributed by atoms with E-state index in [-0.39, 0.29) is 24.0 Å². The number of hydrogen-bond donors (Lipinski definition) is 2. The van der Waals surface area contributed by atoms with Gasteiger partial charge < -0.3 is 24.8 Å². The smallest absolute Gasteiger partial charge is 0.195 e. The van der Waals surface area contributed by atoms with Crippen molar-refractivity contribution in [1.29, 1.82) is 0 Å². The van der Waals surface area contributed by atoms with E-state index in [0.29, 0.717) is 25.7 Å². The molecule has 2 aromatic rings. The largest absolute Gasteiger partial charge is 0.493 e. The summed E-state index contributed by atoms with van der Waals surface area (Å²) in [5.74, 6) is 3.18. The van der Waals surface area contributed by atoms with Crippen LogP contribution in [0, 0.1) is 5.92 Å². The van der Waals surface area contributed by atoms with Crippen LogP contribution in [0.5, 0.6) is 11.5 Å². The molecule has 0 atom stereocenters. The average molecular weight is 525 g/mol. The van der Waals surface area contributed by atoms with Crippen LogP contribution in [0.4, 0.5) is 5.69 Å². The third-order valence-electron chi connectivity index (χ3n) is 4.67. The van der Waals surface area contributed by atoms with Crippen molar-refractivity contribution < 1.29 is 14.2 Å². The Hall–Kier alpha value is -2.00. The molecule has 1 aliphatic rings. The van der Waals surface area contributed by atoms with E-state index in [1.54, 1.807) is 14.2 Å². The number of benzene rings is 2. The van der Waals surface area contributed by atoms with E-state index in [2.05, 4.69) is 21.7 Å². The van der Waals surface area contributed by atoms with Crippen molar-refractivity contribution in [2.75, 3.05) is 39.3 Å². The van der Waals surface area contributed by atoms with Gasteiger partial charge in [0.25, 0.3) is 0 Å². The second kappa shape index (κ2) is 13.3. The molecule has 6 nitrogen and oxygen atoms in total. The third kappa shape index (κ3) is 8.39. The predicted molar refractivity (Wildman–Crippen MR) is 132 cm³/mol. The summed E-state index contributed by atoms with van der Waals surface area (Å²) >= 11 is 0. The van der Waals surface area contributed by atoms with Crippen molar-refractivity contribution in [3.8, 4) is 11.5 Å². The van der Waals surface area contributed by atoms with Crippen LogP contribution in [0.2, 0.25) is 0 Å². The van der Waals surface area contributed by atoms with Gasteiger partial charge in [0.05, 0.1) is 13.2 Å². The molecule has 3 rings (SSSR count). The predicted octanol–water partition coefficient (Wildman–Crippen LogP) is 4.70. The summed E-state index contributed by atoms with van der Waals surface area (Å²) < 4.78 is 16.8. The van der Waals surface area contributed by atoms with Crippen LogP contribution in [-0.2, 0) is 11.3 Å². The fourth-order valence-corrected chi connectivity index (χ4v) is 2.83. The molecule has 1 aliphatic carbocycles. The minimum Gasteiger partial charge on any atom is -0.493 e. The highest BCUT2D eigenvalue weighted by molar-refractivity contribution is 14.0. The molecule has 0 heterocycles. The summed E-state index contributed by atoms with van der Waals surface area (Å²) in [7, 11) is 3.46. The zero-order valence-electron chi connectivity index (χ0n) is 17.7. The molecule has 0 amide bonds. The molecule has 30 heavy (non-hydrogen) atoms. The SMILES string of the molecule is CN=C(NCc1ccccc1OCC1CC1)Nc1cccc(OCCCOC)c1.I. The van der Waals surface area contributed by atoms with Gasteiger partial charge in [0, 0.05) is 51.0 Å². The van der Waals surface area contributed by atoms with Gasteiger partial charge in [-0.25, -0.2) is 0 Å². The number of guanidine groups is 1. The number of hydrogen-bond acceptors (Lipinski definition) is 4. The number of para-hydroxylation sites is 1. The Morgan fingerprint density at radius 3 is 2.67 bits per heavy atom. The van der Waals surface area contributed by atoms with Crippen LogP contribution in [0.3, 0.4) is 0 Å². The maximum absolute atomic E-state index is 5.99. The minimum atomic E-state index is 0. The second-order valence-electron chi connectivity index (χ2n) is 7.14. The summed E-state index contributed by atoms with van der Waals surface area (Å²) in [4.78, 5) is 4.32. The topological polar surface area (TPSA) is 64.1 Å². The average Bonchev–Trinajstić information content (AvgIpc) is 3.58. The molecular weight excluding hydrogens is 493 g/mol. The maximum Gasteiger partial charge on any atom is 0.195 e. The summed E-state index contributed by atoms with van der Waals surface area (Å²) in [6, 6.07) is 16.0. The quantitative estimate of drug-likeness (QED) is 0.193. The molecule has 0 radical (unpaired) electrons. The van der Waals surface area contributed by atoms with E-state index in [0.717, 1.165) is 41.7 Å². The molecule has 0 spiro atoms. The molecule has 1 saturated carbocycles. The van der Waals surface area contributed by atoms with E-state index < -0.39 is 0 Å². The van der Waals surface area contributed by atoms with Crippen molar-refractivity contribution in [2.45, 2.75) is 25.8 Å². The highest BCUT2D eigenvalue weighted by atomic mass is 127. The number of nitrogens with zero attached hydrogens (tertiary/aromatic N) is 1. The molecule has 7 heteroatoms. The van der Waals surface area contributed by atoms with Gasteiger partial charge in [0.15, 0.2) is 5.96 Å². The Balaban J connectivity index is 0.00000320.